The van der Waals surface area contributed by atoms with Gasteiger partial charge in [0.1, 0.15) is 12.4 Å². The summed E-state index contributed by atoms with van der Waals surface area (Å²) in [6, 6.07) is 10.7. The molecule has 0 unspecified atom stereocenters. The first-order chi connectivity index (χ1) is 10.1. The van der Waals surface area contributed by atoms with E-state index >= 15 is 0 Å². The topological polar surface area (TPSA) is 65.8 Å². The van der Waals surface area contributed by atoms with Crippen molar-refractivity contribution in [3.05, 3.63) is 54.4 Å². The minimum atomic E-state index is -1.44. The van der Waals surface area contributed by atoms with Gasteiger partial charge in [0, 0.05) is 25.5 Å². The molecule has 0 aliphatic heterocycles. The Morgan fingerprint density at radius 2 is 1.76 bits per heavy atom. The molecule has 6 heteroatoms. The number of pyridine rings is 1. The van der Waals surface area contributed by atoms with Crippen molar-refractivity contribution in [2.45, 2.75) is 6.54 Å². The summed E-state index contributed by atoms with van der Waals surface area (Å²) in [7, 11) is 0.597. The van der Waals surface area contributed by atoms with Gasteiger partial charge in [-0.15, -0.1) is 0 Å². The van der Waals surface area contributed by atoms with Crippen molar-refractivity contribution in [1.82, 2.24) is 9.88 Å². The lowest BCUT2D eigenvalue weighted by Gasteiger charge is -2.17. The van der Waals surface area contributed by atoms with E-state index in [0.29, 0.717) is 12.1 Å². The molecule has 0 amide bonds. The molecule has 2 N–H and O–H groups in total. The lowest BCUT2D eigenvalue weighted by atomic mass is 9.80. The lowest BCUT2D eigenvalue weighted by Crippen LogP contribution is -2.29. The number of nitrogens with zero attached hydrogens (tertiary/aromatic N) is 2. The highest BCUT2D eigenvalue weighted by Gasteiger charge is 2.09. The summed E-state index contributed by atoms with van der Waals surface area (Å²) in [6.07, 6.45) is 3.58. The average molecular weight is 286 g/mol. The first-order valence-electron chi connectivity index (χ1n) is 6.81. The molecule has 0 aliphatic carbocycles. The molecule has 0 radical (unpaired) electrons. The SMILES string of the molecule is CN(CCOc1ccc(B(O)O)cc1)Cc1ccncc1. The van der Waals surface area contributed by atoms with Crippen LogP contribution in [0.3, 0.4) is 0 Å². The van der Waals surface area contributed by atoms with Crippen molar-refractivity contribution in [3.63, 3.8) is 0 Å². The Kier molecular flexibility index (Phi) is 5.74. The molecule has 1 aromatic carbocycles. The van der Waals surface area contributed by atoms with Crippen LogP contribution in [0.15, 0.2) is 48.8 Å². The summed E-state index contributed by atoms with van der Waals surface area (Å²) in [6.45, 7) is 2.22. The van der Waals surface area contributed by atoms with Gasteiger partial charge in [-0.05, 0) is 42.3 Å². The molecular formula is C15H19BN2O3. The van der Waals surface area contributed by atoms with E-state index in [-0.39, 0.29) is 0 Å². The summed E-state index contributed by atoms with van der Waals surface area (Å²) in [4.78, 5) is 6.16. The van der Waals surface area contributed by atoms with E-state index in [4.69, 9.17) is 14.8 Å². The Bertz CT molecular complexity index is 534. The van der Waals surface area contributed by atoms with Crippen molar-refractivity contribution in [2.24, 2.45) is 0 Å². The number of hydrogen-bond donors (Lipinski definition) is 2. The van der Waals surface area contributed by atoms with Crippen LogP contribution in [-0.2, 0) is 6.54 Å². The Morgan fingerprint density at radius 1 is 1.10 bits per heavy atom. The molecule has 0 saturated heterocycles. The van der Waals surface area contributed by atoms with Gasteiger partial charge in [0.25, 0.3) is 0 Å². The van der Waals surface area contributed by atoms with E-state index in [0.717, 1.165) is 18.8 Å². The zero-order chi connectivity index (χ0) is 15.1. The van der Waals surface area contributed by atoms with Gasteiger partial charge in [0.05, 0.1) is 0 Å². The molecule has 110 valence electrons. The van der Waals surface area contributed by atoms with E-state index in [1.54, 1.807) is 36.7 Å². The number of hydrogen-bond acceptors (Lipinski definition) is 5. The molecule has 1 aromatic heterocycles. The first kappa shape index (κ1) is 15.5. The van der Waals surface area contributed by atoms with E-state index < -0.39 is 7.12 Å². The van der Waals surface area contributed by atoms with Gasteiger partial charge in [-0.2, -0.15) is 0 Å². The zero-order valence-corrected chi connectivity index (χ0v) is 12.0. The molecule has 5 nitrogen and oxygen atoms in total. The maximum absolute atomic E-state index is 9.01. The summed E-state index contributed by atoms with van der Waals surface area (Å²) in [5.41, 5.74) is 1.67. The second kappa shape index (κ2) is 7.78. The Balaban J connectivity index is 1.73. The fourth-order valence-corrected chi connectivity index (χ4v) is 1.93. The number of ether oxygens (including phenoxy) is 1. The van der Waals surface area contributed by atoms with Crippen LogP contribution >= 0.6 is 0 Å². The predicted molar refractivity (Wildman–Crippen MR) is 82.3 cm³/mol. The first-order valence-corrected chi connectivity index (χ1v) is 6.81. The molecule has 0 fully saturated rings. The third-order valence-corrected chi connectivity index (χ3v) is 3.12. The normalized spacial score (nSPS) is 10.7. The van der Waals surface area contributed by atoms with Crippen LogP contribution in [0, 0.1) is 0 Å². The van der Waals surface area contributed by atoms with Crippen molar-refractivity contribution < 1.29 is 14.8 Å². The van der Waals surface area contributed by atoms with Crippen LogP contribution in [0.4, 0.5) is 0 Å². The molecule has 0 spiro atoms. The minimum Gasteiger partial charge on any atom is -0.492 e. The van der Waals surface area contributed by atoms with Crippen molar-refractivity contribution >= 4 is 12.6 Å². The van der Waals surface area contributed by atoms with Gasteiger partial charge >= 0.3 is 7.12 Å². The second-order valence-electron chi connectivity index (χ2n) is 4.88. The number of benzene rings is 1. The number of likely N-dealkylation sites (N-methyl/N-ethyl adjacent to an activating group) is 1. The Morgan fingerprint density at radius 3 is 2.38 bits per heavy atom. The zero-order valence-electron chi connectivity index (χ0n) is 12.0. The molecule has 0 saturated carbocycles. The summed E-state index contributed by atoms with van der Waals surface area (Å²) < 4.78 is 5.63. The minimum absolute atomic E-state index is 0.456. The van der Waals surface area contributed by atoms with Crippen LogP contribution in [0.5, 0.6) is 5.75 Å². The van der Waals surface area contributed by atoms with Crippen LogP contribution in [0.1, 0.15) is 5.56 Å². The van der Waals surface area contributed by atoms with Gasteiger partial charge in [-0.1, -0.05) is 12.1 Å². The van der Waals surface area contributed by atoms with E-state index in [1.807, 2.05) is 19.2 Å². The van der Waals surface area contributed by atoms with Crippen molar-refractivity contribution in [3.8, 4) is 5.75 Å². The van der Waals surface area contributed by atoms with Crippen LogP contribution < -0.4 is 10.2 Å². The van der Waals surface area contributed by atoms with E-state index in [2.05, 4.69) is 9.88 Å². The molecule has 2 aromatic rings. The highest BCUT2D eigenvalue weighted by atomic mass is 16.5. The van der Waals surface area contributed by atoms with Crippen LogP contribution in [0.2, 0.25) is 0 Å². The van der Waals surface area contributed by atoms with Gasteiger partial charge < -0.3 is 14.8 Å². The van der Waals surface area contributed by atoms with Gasteiger partial charge in [-0.3, -0.25) is 9.88 Å². The maximum Gasteiger partial charge on any atom is 0.488 e. The quantitative estimate of drug-likeness (QED) is 0.715. The fourth-order valence-electron chi connectivity index (χ4n) is 1.93. The molecule has 21 heavy (non-hydrogen) atoms. The molecule has 2 rings (SSSR count). The molecule has 0 aliphatic rings. The average Bonchev–Trinajstić information content (AvgIpc) is 2.49. The third-order valence-electron chi connectivity index (χ3n) is 3.12. The van der Waals surface area contributed by atoms with Gasteiger partial charge in [0.2, 0.25) is 0 Å². The second-order valence-corrected chi connectivity index (χ2v) is 4.88. The van der Waals surface area contributed by atoms with Gasteiger partial charge in [-0.25, -0.2) is 0 Å². The van der Waals surface area contributed by atoms with Crippen molar-refractivity contribution in [2.75, 3.05) is 20.2 Å². The standard InChI is InChI=1S/C15H19BN2O3/c1-18(12-13-6-8-17-9-7-13)10-11-21-15-4-2-14(3-5-15)16(19)20/h2-9,19-20H,10-12H2,1H3. The predicted octanol–water partition coefficient (Wildman–Crippen LogP) is 0.272. The molecule has 0 bridgehead atoms. The monoisotopic (exact) mass is 286 g/mol. The largest absolute Gasteiger partial charge is 0.492 e. The lowest BCUT2D eigenvalue weighted by molar-refractivity contribution is 0.233. The Labute approximate surface area is 125 Å². The van der Waals surface area contributed by atoms with Crippen LogP contribution in [0.25, 0.3) is 0 Å². The number of rotatable bonds is 7. The number of aromatic nitrogens is 1. The molecule has 1 heterocycles. The summed E-state index contributed by atoms with van der Waals surface area (Å²) in [5, 5.41) is 18.0. The Hall–Kier alpha value is -1.89. The highest BCUT2D eigenvalue weighted by molar-refractivity contribution is 6.58. The van der Waals surface area contributed by atoms with Crippen molar-refractivity contribution in [1.29, 1.82) is 0 Å². The molecule has 0 atom stereocenters. The van der Waals surface area contributed by atoms with Crippen LogP contribution in [-0.4, -0.2) is 47.2 Å². The summed E-state index contributed by atoms with van der Waals surface area (Å²) >= 11 is 0. The fraction of sp³-hybridized carbons (Fsp3) is 0.267. The highest BCUT2D eigenvalue weighted by Crippen LogP contribution is 2.08. The van der Waals surface area contributed by atoms with E-state index in [9.17, 15) is 0 Å². The van der Waals surface area contributed by atoms with E-state index in [1.165, 1.54) is 5.56 Å². The third kappa shape index (κ3) is 5.19. The smallest absolute Gasteiger partial charge is 0.488 e. The van der Waals surface area contributed by atoms with Gasteiger partial charge in [0.15, 0.2) is 0 Å². The maximum atomic E-state index is 9.01. The molecular weight excluding hydrogens is 267 g/mol. The summed E-state index contributed by atoms with van der Waals surface area (Å²) in [5.74, 6) is 0.719.